The van der Waals surface area contributed by atoms with Crippen LogP contribution in [0.2, 0.25) is 0 Å². The minimum Gasteiger partial charge on any atom is -0.486 e. The van der Waals surface area contributed by atoms with Gasteiger partial charge in [-0.1, -0.05) is 44.1 Å². The maximum absolute atomic E-state index is 12.7. The lowest BCUT2D eigenvalue weighted by Gasteiger charge is -2.27. The predicted octanol–water partition coefficient (Wildman–Crippen LogP) is 7.18. The SMILES string of the molecule is CC(C(=O)N1CCCC1)C(C)c1ccc2c(c1)OCCO2.CC(C(=O)N1CCCC1)C(O)c1ccc2c(c1)OCCO2.[N-]=[N+]=NC(C(=O)N1CCCC1)C(OP)c1ccc2c(c1)OCCO2. The summed E-state index contributed by atoms with van der Waals surface area (Å²) in [7, 11) is 2.15. The van der Waals surface area contributed by atoms with Crippen LogP contribution in [0.25, 0.3) is 10.4 Å². The Kier molecular flexibility index (Phi) is 17.1. The zero-order chi connectivity index (χ0) is 46.6. The Bertz CT molecular complexity index is 2100. The van der Waals surface area contributed by atoms with E-state index in [9.17, 15) is 19.5 Å². The third-order valence-corrected chi connectivity index (χ3v) is 13.3. The van der Waals surface area contributed by atoms with Gasteiger partial charge in [0.2, 0.25) is 17.7 Å². The number of benzene rings is 3. The molecule has 3 amide bonds. The summed E-state index contributed by atoms with van der Waals surface area (Å²) in [5.74, 6) is 3.97. The van der Waals surface area contributed by atoms with Crippen LogP contribution in [0.3, 0.4) is 0 Å². The number of likely N-dealkylation sites (tertiary alicyclic amines) is 3. The monoisotopic (exact) mass is 930 g/mol. The van der Waals surface area contributed by atoms with Crippen LogP contribution < -0.4 is 28.4 Å². The average molecular weight is 931 g/mol. The summed E-state index contributed by atoms with van der Waals surface area (Å²) in [4.78, 5) is 46.0. The number of aliphatic hydroxyl groups is 1. The molecule has 0 spiro atoms. The van der Waals surface area contributed by atoms with E-state index in [0.717, 1.165) is 81.8 Å². The number of carbonyl (C=O) groups is 3. The second-order valence-corrected chi connectivity index (χ2v) is 17.6. The fraction of sp³-hybridized carbons (Fsp3) is 0.562. The Labute approximate surface area is 388 Å². The summed E-state index contributed by atoms with van der Waals surface area (Å²) < 4.78 is 38.7. The number of fused-ring (bicyclic) bond motifs is 3. The van der Waals surface area contributed by atoms with Crippen LogP contribution in [-0.4, -0.2) is 122 Å². The van der Waals surface area contributed by atoms with Gasteiger partial charge >= 0.3 is 0 Å². The molecule has 356 valence electrons. The molecule has 0 saturated carbocycles. The molecular formula is C48H63N6O11P. The van der Waals surface area contributed by atoms with Crippen LogP contribution in [0.4, 0.5) is 0 Å². The zero-order valence-corrected chi connectivity index (χ0v) is 39.3. The normalized spacial score (nSPS) is 19.6. The highest BCUT2D eigenvalue weighted by atomic mass is 31.0. The highest BCUT2D eigenvalue weighted by Crippen LogP contribution is 2.39. The number of ether oxygens (including phenoxy) is 6. The molecular weight excluding hydrogens is 868 g/mol. The van der Waals surface area contributed by atoms with Crippen LogP contribution in [0, 0.1) is 11.8 Å². The van der Waals surface area contributed by atoms with Crippen molar-refractivity contribution in [1.82, 2.24) is 14.7 Å². The van der Waals surface area contributed by atoms with Gasteiger partial charge in [-0.05, 0) is 103 Å². The molecule has 0 aromatic heterocycles. The van der Waals surface area contributed by atoms with Gasteiger partial charge in [0.1, 0.15) is 51.8 Å². The molecule has 3 aromatic carbocycles. The number of nitrogens with zero attached hydrogens (tertiary/aromatic N) is 6. The van der Waals surface area contributed by atoms with E-state index in [1.165, 1.54) is 0 Å². The third kappa shape index (κ3) is 11.7. The van der Waals surface area contributed by atoms with Crippen molar-refractivity contribution in [1.29, 1.82) is 0 Å². The molecule has 0 radical (unpaired) electrons. The smallest absolute Gasteiger partial charge is 0.234 e. The van der Waals surface area contributed by atoms with Gasteiger partial charge in [-0.2, -0.15) is 0 Å². The number of hydrogen-bond acceptors (Lipinski definition) is 12. The number of aliphatic hydroxyl groups excluding tert-OH is 1. The Hall–Kier alpha value is -5.47. The molecule has 3 fully saturated rings. The van der Waals surface area contributed by atoms with E-state index < -0.39 is 24.2 Å². The van der Waals surface area contributed by atoms with Crippen LogP contribution >= 0.6 is 9.47 Å². The molecule has 0 aliphatic carbocycles. The summed E-state index contributed by atoms with van der Waals surface area (Å²) >= 11 is 0. The number of amides is 3. The van der Waals surface area contributed by atoms with Gasteiger partial charge in [-0.25, -0.2) is 0 Å². The molecule has 66 heavy (non-hydrogen) atoms. The summed E-state index contributed by atoms with van der Waals surface area (Å²) in [6.07, 6.45) is 4.77. The third-order valence-electron chi connectivity index (χ3n) is 13.0. The molecule has 6 aliphatic heterocycles. The molecule has 6 aliphatic rings. The van der Waals surface area contributed by atoms with Crippen molar-refractivity contribution >= 4 is 27.2 Å². The van der Waals surface area contributed by atoms with Gasteiger partial charge in [0.25, 0.3) is 0 Å². The van der Waals surface area contributed by atoms with E-state index in [-0.39, 0.29) is 29.6 Å². The quantitative estimate of drug-likeness (QED) is 0.0886. The van der Waals surface area contributed by atoms with Crippen LogP contribution in [-0.2, 0) is 18.9 Å². The lowest BCUT2D eigenvalue weighted by atomic mass is 9.87. The van der Waals surface area contributed by atoms with Gasteiger partial charge in [0.15, 0.2) is 34.5 Å². The molecule has 0 bridgehead atoms. The van der Waals surface area contributed by atoms with E-state index in [0.29, 0.717) is 86.9 Å². The zero-order valence-electron chi connectivity index (χ0n) is 38.2. The first-order valence-electron chi connectivity index (χ1n) is 23.2. The fourth-order valence-electron chi connectivity index (χ4n) is 8.96. The van der Waals surface area contributed by atoms with Crippen LogP contribution in [0.1, 0.15) is 94.1 Å². The summed E-state index contributed by atoms with van der Waals surface area (Å²) in [5.41, 5.74) is 11.4. The minimum atomic E-state index is -0.965. The molecule has 18 heteroatoms. The van der Waals surface area contributed by atoms with E-state index >= 15 is 0 Å². The van der Waals surface area contributed by atoms with Crippen molar-refractivity contribution in [2.45, 2.75) is 83.5 Å². The fourth-order valence-corrected chi connectivity index (χ4v) is 9.26. The van der Waals surface area contributed by atoms with Gasteiger partial charge in [0, 0.05) is 59.6 Å². The first-order valence-corrected chi connectivity index (χ1v) is 23.7. The lowest BCUT2D eigenvalue weighted by Crippen LogP contribution is -2.39. The maximum Gasteiger partial charge on any atom is 0.234 e. The standard InChI is InChI=1S/C17H23NO3.C16H21NO4.C15H19N4O4P/c1-12(13(2)17(19)18-7-3-4-8-18)14-5-6-15-16(11-14)21-10-9-20-15;1-11(16(19)17-6-2-3-7-17)15(18)12-4-5-13-14(10-12)21-9-8-20-13;16-18-17-13(15(20)19-5-1-2-6-19)14(23-24)10-3-4-11-12(9-10)22-8-7-21-11/h5-6,11-13H,3-4,7-10H2,1-2H3;4-5,10-11,15,18H,2-3,6-9H2,1H3;3-4,9,13-14H,1-2,5-8,24H2. The lowest BCUT2D eigenvalue weighted by molar-refractivity contribution is -0.137. The molecule has 3 saturated heterocycles. The van der Waals surface area contributed by atoms with E-state index in [1.807, 2.05) is 34.9 Å². The predicted molar refractivity (Wildman–Crippen MR) is 248 cm³/mol. The highest BCUT2D eigenvalue weighted by molar-refractivity contribution is 7.09. The second kappa shape index (κ2) is 23.3. The molecule has 7 unspecified atom stereocenters. The Morgan fingerprint density at radius 1 is 0.576 bits per heavy atom. The number of hydrogen-bond donors (Lipinski definition) is 1. The Morgan fingerprint density at radius 2 is 0.939 bits per heavy atom. The molecule has 7 atom stereocenters. The average Bonchev–Trinajstić information content (AvgIpc) is 4.21. The summed E-state index contributed by atoms with van der Waals surface area (Å²) in [6, 6.07) is 15.7. The molecule has 17 nitrogen and oxygen atoms in total. The first-order chi connectivity index (χ1) is 32.1. The summed E-state index contributed by atoms with van der Waals surface area (Å²) in [6.45, 7) is 13.9. The molecule has 6 heterocycles. The van der Waals surface area contributed by atoms with Gasteiger partial charge in [-0.15, -0.1) is 0 Å². The van der Waals surface area contributed by atoms with Gasteiger partial charge in [0.05, 0.1) is 12.0 Å². The Balaban J connectivity index is 0.000000148. The minimum absolute atomic E-state index is 0.00865. The number of carbonyl (C=O) groups excluding carboxylic acids is 3. The molecule has 9 rings (SSSR count). The van der Waals surface area contributed by atoms with Crippen molar-refractivity contribution in [3.05, 3.63) is 81.7 Å². The van der Waals surface area contributed by atoms with Gasteiger partial charge in [-0.3, -0.25) is 14.4 Å². The van der Waals surface area contributed by atoms with E-state index in [2.05, 4.69) is 26.4 Å². The number of azide groups is 1. The van der Waals surface area contributed by atoms with Crippen molar-refractivity contribution in [3.8, 4) is 34.5 Å². The topological polar surface area (TPSA) is 195 Å². The van der Waals surface area contributed by atoms with Gasteiger partial charge < -0.3 is 52.8 Å². The van der Waals surface area contributed by atoms with Crippen molar-refractivity contribution in [3.63, 3.8) is 0 Å². The maximum atomic E-state index is 12.7. The largest absolute Gasteiger partial charge is 0.486 e. The first kappa shape index (κ1) is 48.5. The van der Waals surface area contributed by atoms with Crippen LogP contribution in [0.5, 0.6) is 34.5 Å². The van der Waals surface area contributed by atoms with Crippen molar-refractivity contribution < 1.29 is 52.4 Å². The van der Waals surface area contributed by atoms with E-state index in [1.54, 1.807) is 48.2 Å². The molecule has 3 aromatic rings. The molecule has 1 N–H and O–H groups in total. The van der Waals surface area contributed by atoms with E-state index in [4.69, 9.17) is 38.5 Å². The second-order valence-electron chi connectivity index (χ2n) is 17.3. The van der Waals surface area contributed by atoms with Crippen molar-refractivity contribution in [2.75, 3.05) is 78.9 Å². The summed E-state index contributed by atoms with van der Waals surface area (Å²) in [5, 5.41) is 14.2. The van der Waals surface area contributed by atoms with Crippen molar-refractivity contribution in [2.24, 2.45) is 17.0 Å². The van der Waals surface area contributed by atoms with Crippen LogP contribution in [0.15, 0.2) is 59.7 Å². The Morgan fingerprint density at radius 3 is 1.38 bits per heavy atom. The highest BCUT2D eigenvalue weighted by Gasteiger charge is 2.35. The number of rotatable bonds is 11.